The lowest BCUT2D eigenvalue weighted by Crippen LogP contribution is -2.26. The molecule has 0 bridgehead atoms. The molecule has 0 spiro atoms. The zero-order valence-corrected chi connectivity index (χ0v) is 18.0. The number of aryl methyl sites for hydroxylation is 1. The highest BCUT2D eigenvalue weighted by Gasteiger charge is 2.52. The van der Waals surface area contributed by atoms with Crippen LogP contribution in [0.25, 0.3) is 11.3 Å². The van der Waals surface area contributed by atoms with Gasteiger partial charge < -0.3 is 19.9 Å². The van der Waals surface area contributed by atoms with E-state index in [2.05, 4.69) is 19.4 Å². The van der Waals surface area contributed by atoms with Gasteiger partial charge in [0.15, 0.2) is 11.5 Å². The Morgan fingerprint density at radius 2 is 1.91 bits per heavy atom. The van der Waals surface area contributed by atoms with Crippen molar-refractivity contribution in [2.75, 3.05) is 12.8 Å². The quantitative estimate of drug-likeness (QED) is 0.597. The number of pyridine rings is 2. The number of Topliss-reactive ketones (excluding diaryl/α,β-unsaturated/α-hetero) is 1. The van der Waals surface area contributed by atoms with Gasteiger partial charge in [0, 0.05) is 23.9 Å². The number of hydrogen-bond acceptors (Lipinski definition) is 7. The predicted molar refractivity (Wildman–Crippen MR) is 115 cm³/mol. The number of nitrogen functional groups attached to an aromatic ring is 1. The molecule has 0 radical (unpaired) electrons. The molecule has 1 aromatic carbocycles. The van der Waals surface area contributed by atoms with Crippen LogP contribution < -0.4 is 19.9 Å². The van der Waals surface area contributed by atoms with Crippen molar-refractivity contribution in [2.45, 2.75) is 37.9 Å². The van der Waals surface area contributed by atoms with Gasteiger partial charge in [0.1, 0.15) is 5.78 Å². The Balaban J connectivity index is 1.40. The molecule has 5 rings (SSSR count). The highest BCUT2D eigenvalue weighted by Crippen LogP contribution is 2.52. The van der Waals surface area contributed by atoms with Crippen molar-refractivity contribution in [1.29, 1.82) is 0 Å². The standard InChI is InChI=1S/C24H21F2N3O4/c1-13-3-5-16(29-21(13)14-9-17(27)22(31-2)28-12-14)11-20(30)23(7-8-23)15-4-6-18-19(10-15)33-24(25,26)32-18/h3-6,9-10,12H,7-8,11,27H2,1-2H3. The second-order valence-electron chi connectivity index (χ2n) is 8.30. The van der Waals surface area contributed by atoms with E-state index in [1.807, 2.05) is 19.1 Å². The van der Waals surface area contributed by atoms with E-state index in [9.17, 15) is 13.6 Å². The molecule has 1 aliphatic carbocycles. The number of methoxy groups -OCH3 is 1. The van der Waals surface area contributed by atoms with Gasteiger partial charge in [-0.15, -0.1) is 8.78 Å². The van der Waals surface area contributed by atoms with Gasteiger partial charge in [0.25, 0.3) is 0 Å². The molecule has 1 aliphatic heterocycles. The van der Waals surface area contributed by atoms with Gasteiger partial charge in [0.2, 0.25) is 5.88 Å². The minimum absolute atomic E-state index is 0.0252. The van der Waals surface area contributed by atoms with Crippen molar-refractivity contribution in [3.63, 3.8) is 0 Å². The van der Waals surface area contributed by atoms with Crippen LogP contribution in [0.15, 0.2) is 42.6 Å². The Morgan fingerprint density at radius 3 is 2.61 bits per heavy atom. The van der Waals surface area contributed by atoms with Gasteiger partial charge in [-0.3, -0.25) is 9.78 Å². The number of hydrogen-bond donors (Lipinski definition) is 1. The van der Waals surface area contributed by atoms with Gasteiger partial charge in [-0.2, -0.15) is 0 Å². The van der Waals surface area contributed by atoms with Crippen LogP contribution in [0.4, 0.5) is 14.5 Å². The van der Waals surface area contributed by atoms with E-state index >= 15 is 0 Å². The molecule has 2 N–H and O–H groups in total. The first kappa shape index (κ1) is 21.1. The van der Waals surface area contributed by atoms with Crippen LogP contribution in [-0.4, -0.2) is 29.2 Å². The topological polar surface area (TPSA) is 96.6 Å². The highest BCUT2D eigenvalue weighted by molar-refractivity contribution is 5.94. The summed E-state index contributed by atoms with van der Waals surface area (Å²) in [5.41, 5.74) is 9.21. The average molecular weight is 453 g/mol. The number of fused-ring (bicyclic) bond motifs is 1. The fourth-order valence-electron chi connectivity index (χ4n) is 4.16. The molecule has 0 atom stereocenters. The van der Waals surface area contributed by atoms with Crippen LogP contribution >= 0.6 is 0 Å². The van der Waals surface area contributed by atoms with Gasteiger partial charge in [0.05, 0.1) is 23.9 Å². The lowest BCUT2D eigenvalue weighted by atomic mass is 9.88. The maximum atomic E-state index is 13.4. The maximum Gasteiger partial charge on any atom is 0.586 e. The van der Waals surface area contributed by atoms with Crippen LogP contribution in [0.2, 0.25) is 0 Å². The van der Waals surface area contributed by atoms with Gasteiger partial charge in [-0.05, 0) is 55.2 Å². The molecular formula is C24H21F2N3O4. The number of alkyl halides is 2. The van der Waals surface area contributed by atoms with Crippen LogP contribution in [0.1, 0.15) is 29.7 Å². The number of carbonyl (C=O) groups is 1. The van der Waals surface area contributed by atoms with Crippen LogP contribution in [-0.2, 0) is 16.6 Å². The van der Waals surface area contributed by atoms with Crippen LogP contribution in [0.5, 0.6) is 17.4 Å². The first-order valence-electron chi connectivity index (χ1n) is 10.4. The molecule has 3 heterocycles. The Morgan fingerprint density at radius 1 is 1.15 bits per heavy atom. The van der Waals surface area contributed by atoms with Crippen molar-refractivity contribution in [1.82, 2.24) is 9.97 Å². The van der Waals surface area contributed by atoms with Crippen molar-refractivity contribution in [3.8, 4) is 28.6 Å². The zero-order chi connectivity index (χ0) is 23.4. The fourth-order valence-corrected chi connectivity index (χ4v) is 4.16. The molecule has 33 heavy (non-hydrogen) atoms. The SMILES string of the molecule is COc1ncc(-c2nc(CC(=O)C3(c4ccc5c(c4)OC(F)(F)O5)CC3)ccc2C)cc1N. The number of anilines is 1. The summed E-state index contributed by atoms with van der Waals surface area (Å²) in [6.07, 6.45) is -0.680. The highest BCUT2D eigenvalue weighted by atomic mass is 19.3. The predicted octanol–water partition coefficient (Wildman–Crippen LogP) is 4.21. The van der Waals surface area contributed by atoms with Crippen LogP contribution in [0.3, 0.4) is 0 Å². The van der Waals surface area contributed by atoms with Gasteiger partial charge in [-0.1, -0.05) is 12.1 Å². The van der Waals surface area contributed by atoms with E-state index < -0.39 is 11.7 Å². The summed E-state index contributed by atoms with van der Waals surface area (Å²) in [5, 5.41) is 0. The zero-order valence-electron chi connectivity index (χ0n) is 18.0. The number of halogens is 2. The number of nitrogens with zero attached hydrogens (tertiary/aromatic N) is 2. The lowest BCUT2D eigenvalue weighted by molar-refractivity contribution is -0.286. The summed E-state index contributed by atoms with van der Waals surface area (Å²) in [5.74, 6) is 0.212. The Labute approximate surface area is 188 Å². The smallest absolute Gasteiger partial charge is 0.480 e. The normalized spacial score (nSPS) is 17.0. The number of carbonyl (C=O) groups excluding carboxylic acids is 1. The molecule has 9 heteroatoms. The third-order valence-electron chi connectivity index (χ3n) is 6.08. The number of nitrogens with two attached hydrogens (primary N) is 1. The van der Waals surface area contributed by atoms with E-state index in [-0.39, 0.29) is 23.7 Å². The molecule has 0 amide bonds. The van der Waals surface area contributed by atoms with Crippen molar-refractivity contribution in [2.24, 2.45) is 0 Å². The van der Waals surface area contributed by atoms with E-state index in [1.54, 1.807) is 18.3 Å². The van der Waals surface area contributed by atoms with E-state index in [0.29, 0.717) is 41.4 Å². The summed E-state index contributed by atoms with van der Waals surface area (Å²) >= 11 is 0. The third kappa shape index (κ3) is 3.73. The number of aromatic nitrogens is 2. The average Bonchev–Trinajstić information content (AvgIpc) is 3.52. The number of ketones is 1. The summed E-state index contributed by atoms with van der Waals surface area (Å²) in [6, 6.07) is 9.98. The molecule has 0 unspecified atom stereocenters. The Kier molecular flexibility index (Phi) is 4.73. The summed E-state index contributed by atoms with van der Waals surface area (Å²) < 4.78 is 40.9. The molecule has 2 aliphatic rings. The largest absolute Gasteiger partial charge is 0.586 e. The minimum Gasteiger partial charge on any atom is -0.480 e. The second-order valence-corrected chi connectivity index (χ2v) is 8.30. The molecule has 170 valence electrons. The molecular weight excluding hydrogens is 432 g/mol. The summed E-state index contributed by atoms with van der Waals surface area (Å²) in [7, 11) is 1.49. The summed E-state index contributed by atoms with van der Waals surface area (Å²) in [6.45, 7) is 1.92. The molecule has 7 nitrogen and oxygen atoms in total. The molecule has 3 aromatic rings. The van der Waals surface area contributed by atoms with Crippen molar-refractivity contribution in [3.05, 3.63) is 59.4 Å². The number of benzene rings is 1. The molecule has 2 aromatic heterocycles. The third-order valence-corrected chi connectivity index (χ3v) is 6.08. The fraction of sp³-hybridized carbons (Fsp3) is 0.292. The molecule has 1 saturated carbocycles. The Bertz CT molecular complexity index is 1270. The first-order chi connectivity index (χ1) is 15.7. The van der Waals surface area contributed by atoms with Crippen molar-refractivity contribution < 1.29 is 27.8 Å². The van der Waals surface area contributed by atoms with E-state index in [0.717, 1.165) is 11.1 Å². The molecule has 0 saturated heterocycles. The second kappa shape index (κ2) is 7.40. The van der Waals surface area contributed by atoms with Gasteiger partial charge >= 0.3 is 6.29 Å². The monoisotopic (exact) mass is 453 g/mol. The summed E-state index contributed by atoms with van der Waals surface area (Å²) in [4.78, 5) is 22.2. The van der Waals surface area contributed by atoms with Gasteiger partial charge in [-0.25, -0.2) is 4.98 Å². The first-order valence-corrected chi connectivity index (χ1v) is 10.4. The van der Waals surface area contributed by atoms with Crippen LogP contribution in [0, 0.1) is 6.92 Å². The number of ether oxygens (including phenoxy) is 3. The van der Waals surface area contributed by atoms with E-state index in [1.165, 1.54) is 19.2 Å². The van der Waals surface area contributed by atoms with E-state index in [4.69, 9.17) is 10.5 Å². The lowest BCUT2D eigenvalue weighted by Gasteiger charge is -2.16. The Hall–Kier alpha value is -3.75. The minimum atomic E-state index is -3.69. The van der Waals surface area contributed by atoms with Crippen molar-refractivity contribution >= 4 is 11.5 Å². The molecule has 1 fully saturated rings. The maximum absolute atomic E-state index is 13.4. The number of rotatable bonds is 6.